The van der Waals surface area contributed by atoms with Crippen LogP contribution in [0.4, 0.5) is 0 Å². The summed E-state index contributed by atoms with van der Waals surface area (Å²) in [4.78, 5) is 0. The van der Waals surface area contributed by atoms with Crippen LogP contribution in [0.5, 0.6) is 5.75 Å². The van der Waals surface area contributed by atoms with Gasteiger partial charge in [-0.05, 0) is 30.4 Å². The molecule has 0 amide bonds. The highest BCUT2D eigenvalue weighted by molar-refractivity contribution is 5.43. The summed E-state index contributed by atoms with van der Waals surface area (Å²) >= 11 is 0. The molecule has 1 heterocycles. The maximum atomic E-state index is 6.00. The van der Waals surface area contributed by atoms with Gasteiger partial charge in [0.05, 0.1) is 19.8 Å². The number of hydrogen-bond acceptors (Lipinski definition) is 3. The van der Waals surface area contributed by atoms with Crippen LogP contribution in [0.1, 0.15) is 45.7 Å². The van der Waals surface area contributed by atoms with Crippen LogP contribution in [0.15, 0.2) is 18.2 Å². The summed E-state index contributed by atoms with van der Waals surface area (Å²) in [6.45, 7) is 13.7. The van der Waals surface area contributed by atoms with Crippen molar-refractivity contribution < 1.29 is 14.2 Å². The molecule has 3 nitrogen and oxygen atoms in total. The number of ether oxygens (including phenoxy) is 3. The molecule has 0 aliphatic carbocycles. The first kappa shape index (κ1) is 16.3. The molecule has 118 valence electrons. The van der Waals surface area contributed by atoms with Crippen LogP contribution in [0.2, 0.25) is 0 Å². The molecular weight excluding hydrogens is 264 g/mol. The first-order valence-corrected chi connectivity index (χ1v) is 7.88. The SMILES string of the molecule is CC(C)COCc1ccc(C2(C)CO2)c(OCC(C)C)c1. The van der Waals surface area contributed by atoms with Crippen LogP contribution in [-0.2, 0) is 21.7 Å². The van der Waals surface area contributed by atoms with Crippen LogP contribution in [-0.4, -0.2) is 19.8 Å². The molecule has 1 saturated heterocycles. The molecule has 0 radical (unpaired) electrons. The lowest BCUT2D eigenvalue weighted by Crippen LogP contribution is -2.11. The first-order chi connectivity index (χ1) is 9.90. The van der Waals surface area contributed by atoms with E-state index in [1.54, 1.807) is 0 Å². The monoisotopic (exact) mass is 292 g/mol. The van der Waals surface area contributed by atoms with E-state index in [1.165, 1.54) is 0 Å². The average Bonchev–Trinajstić information content (AvgIpc) is 3.15. The minimum absolute atomic E-state index is 0.163. The topological polar surface area (TPSA) is 31.0 Å². The average molecular weight is 292 g/mol. The first-order valence-electron chi connectivity index (χ1n) is 7.88. The van der Waals surface area contributed by atoms with Crippen molar-refractivity contribution in [3.8, 4) is 5.75 Å². The van der Waals surface area contributed by atoms with Gasteiger partial charge in [-0.2, -0.15) is 0 Å². The summed E-state index contributed by atoms with van der Waals surface area (Å²) in [6, 6.07) is 6.34. The molecule has 0 saturated carbocycles. The maximum Gasteiger partial charge on any atom is 0.125 e. The highest BCUT2D eigenvalue weighted by Gasteiger charge is 2.43. The smallest absolute Gasteiger partial charge is 0.125 e. The Kier molecular flexibility index (Phi) is 5.28. The molecule has 0 N–H and O–H groups in total. The fourth-order valence-corrected chi connectivity index (χ4v) is 2.15. The van der Waals surface area contributed by atoms with Crippen molar-refractivity contribution in [1.29, 1.82) is 0 Å². The van der Waals surface area contributed by atoms with Crippen LogP contribution >= 0.6 is 0 Å². The number of epoxide rings is 1. The Morgan fingerprint density at radius 3 is 2.38 bits per heavy atom. The summed E-state index contributed by atoms with van der Waals surface area (Å²) < 4.78 is 17.3. The largest absolute Gasteiger partial charge is 0.493 e. The Morgan fingerprint density at radius 2 is 1.81 bits per heavy atom. The van der Waals surface area contributed by atoms with Gasteiger partial charge >= 0.3 is 0 Å². The second-order valence-corrected chi connectivity index (χ2v) is 6.96. The number of hydrogen-bond donors (Lipinski definition) is 0. The third-order valence-electron chi connectivity index (χ3n) is 3.49. The van der Waals surface area contributed by atoms with Crippen molar-refractivity contribution in [2.75, 3.05) is 19.8 Å². The minimum Gasteiger partial charge on any atom is -0.493 e. The molecule has 1 fully saturated rings. The van der Waals surface area contributed by atoms with Crippen molar-refractivity contribution >= 4 is 0 Å². The molecule has 2 rings (SSSR count). The molecule has 1 aromatic rings. The Bertz CT molecular complexity index is 462. The quantitative estimate of drug-likeness (QED) is 0.675. The van der Waals surface area contributed by atoms with E-state index in [1.807, 2.05) is 0 Å². The van der Waals surface area contributed by atoms with Gasteiger partial charge in [-0.3, -0.25) is 0 Å². The van der Waals surface area contributed by atoms with E-state index in [0.29, 0.717) is 18.4 Å². The van der Waals surface area contributed by atoms with Crippen molar-refractivity contribution in [3.05, 3.63) is 29.3 Å². The van der Waals surface area contributed by atoms with E-state index in [4.69, 9.17) is 14.2 Å². The van der Waals surface area contributed by atoms with E-state index in [9.17, 15) is 0 Å². The summed E-state index contributed by atoms with van der Waals surface area (Å²) in [5.74, 6) is 2.00. The van der Waals surface area contributed by atoms with Gasteiger partial charge in [0.2, 0.25) is 0 Å². The molecule has 1 aliphatic rings. The lowest BCUT2D eigenvalue weighted by Gasteiger charge is -2.17. The van der Waals surface area contributed by atoms with Gasteiger partial charge in [0.1, 0.15) is 11.4 Å². The highest BCUT2D eigenvalue weighted by atomic mass is 16.6. The van der Waals surface area contributed by atoms with Gasteiger partial charge < -0.3 is 14.2 Å². The molecule has 1 unspecified atom stereocenters. The zero-order valence-corrected chi connectivity index (χ0v) is 13.9. The second-order valence-electron chi connectivity index (χ2n) is 6.96. The van der Waals surface area contributed by atoms with Crippen LogP contribution in [0.3, 0.4) is 0 Å². The Balaban J connectivity index is 2.08. The Labute approximate surface area is 128 Å². The Hall–Kier alpha value is -1.06. The summed E-state index contributed by atoms with van der Waals surface area (Å²) in [6.07, 6.45) is 0. The van der Waals surface area contributed by atoms with Gasteiger partial charge in [0, 0.05) is 12.2 Å². The van der Waals surface area contributed by atoms with E-state index in [2.05, 4.69) is 52.8 Å². The van der Waals surface area contributed by atoms with E-state index < -0.39 is 0 Å². The zero-order chi connectivity index (χ0) is 15.5. The van der Waals surface area contributed by atoms with Crippen molar-refractivity contribution in [3.63, 3.8) is 0 Å². The highest BCUT2D eigenvalue weighted by Crippen LogP contribution is 2.43. The predicted octanol–water partition coefficient (Wildman–Crippen LogP) is 4.14. The summed E-state index contributed by atoms with van der Waals surface area (Å²) in [5.41, 5.74) is 2.14. The lowest BCUT2D eigenvalue weighted by atomic mass is 9.99. The molecule has 1 aromatic carbocycles. The number of rotatable bonds is 8. The van der Waals surface area contributed by atoms with Crippen molar-refractivity contribution in [2.24, 2.45) is 11.8 Å². The van der Waals surface area contributed by atoms with Crippen LogP contribution in [0, 0.1) is 11.8 Å². The van der Waals surface area contributed by atoms with Crippen molar-refractivity contribution in [1.82, 2.24) is 0 Å². The molecule has 3 heteroatoms. The molecular formula is C18H28O3. The molecule has 0 spiro atoms. The van der Waals surface area contributed by atoms with Crippen LogP contribution in [0.25, 0.3) is 0 Å². The molecule has 1 atom stereocenters. The molecule has 1 aliphatic heterocycles. The summed E-state index contributed by atoms with van der Waals surface area (Å²) in [7, 11) is 0. The summed E-state index contributed by atoms with van der Waals surface area (Å²) in [5, 5.41) is 0. The fourth-order valence-electron chi connectivity index (χ4n) is 2.15. The second kappa shape index (κ2) is 6.80. The van der Waals surface area contributed by atoms with Gasteiger partial charge in [-0.25, -0.2) is 0 Å². The fraction of sp³-hybridized carbons (Fsp3) is 0.667. The molecule has 0 bridgehead atoms. The van der Waals surface area contributed by atoms with E-state index >= 15 is 0 Å². The van der Waals surface area contributed by atoms with Gasteiger partial charge in [-0.1, -0.05) is 39.8 Å². The molecule has 0 aromatic heterocycles. The normalized spacial score (nSPS) is 21.1. The molecule has 21 heavy (non-hydrogen) atoms. The minimum atomic E-state index is -0.163. The van der Waals surface area contributed by atoms with Gasteiger partial charge in [0.15, 0.2) is 0 Å². The predicted molar refractivity (Wildman–Crippen MR) is 84.6 cm³/mol. The Morgan fingerprint density at radius 1 is 1.14 bits per heavy atom. The third-order valence-corrected chi connectivity index (χ3v) is 3.49. The standard InChI is InChI=1S/C18H28O3/c1-13(2)9-19-11-15-6-7-16(18(5)12-21-18)17(8-15)20-10-14(3)4/h6-8,13-14H,9-12H2,1-5H3. The van der Waals surface area contributed by atoms with Crippen molar-refractivity contribution in [2.45, 2.75) is 46.8 Å². The zero-order valence-electron chi connectivity index (χ0n) is 13.9. The van der Waals surface area contributed by atoms with Crippen LogP contribution < -0.4 is 4.74 Å². The van der Waals surface area contributed by atoms with E-state index in [-0.39, 0.29) is 5.60 Å². The maximum absolute atomic E-state index is 6.00. The van der Waals surface area contributed by atoms with Gasteiger partial charge in [0.25, 0.3) is 0 Å². The van der Waals surface area contributed by atoms with Gasteiger partial charge in [-0.15, -0.1) is 0 Å². The number of benzene rings is 1. The lowest BCUT2D eigenvalue weighted by molar-refractivity contribution is 0.0968. The van der Waals surface area contributed by atoms with E-state index in [0.717, 1.165) is 36.7 Å². The third kappa shape index (κ3) is 4.72.